The average molecular weight is 447 g/mol. The molecule has 4 aromatic rings. The minimum absolute atomic E-state index is 0.219. The summed E-state index contributed by atoms with van der Waals surface area (Å²) < 4.78 is 13.6. The van der Waals surface area contributed by atoms with Crippen LogP contribution in [0.4, 0.5) is 0 Å². The third-order valence-electron chi connectivity index (χ3n) is 5.10. The first kappa shape index (κ1) is 22.0. The van der Waals surface area contributed by atoms with E-state index < -0.39 is 0 Å². The van der Waals surface area contributed by atoms with Gasteiger partial charge in [0.15, 0.2) is 11.0 Å². The van der Waals surface area contributed by atoms with E-state index in [4.69, 9.17) is 9.47 Å². The Morgan fingerprint density at radius 2 is 1.69 bits per heavy atom. The fourth-order valence-corrected chi connectivity index (χ4v) is 4.39. The lowest BCUT2D eigenvalue weighted by Crippen LogP contribution is -2.12. The molecule has 1 unspecified atom stereocenters. The number of aromatic nitrogens is 4. The van der Waals surface area contributed by atoms with Crippen molar-refractivity contribution in [3.63, 3.8) is 0 Å². The van der Waals surface area contributed by atoms with Gasteiger partial charge < -0.3 is 14.0 Å². The molecule has 0 spiro atoms. The minimum Gasteiger partial charge on any atom is -0.485 e. The Bertz CT molecular complexity index is 1120. The second-order valence-electron chi connectivity index (χ2n) is 7.23. The first-order valence-corrected chi connectivity index (χ1v) is 11.4. The van der Waals surface area contributed by atoms with Crippen molar-refractivity contribution in [2.45, 2.75) is 30.5 Å². The number of ether oxygens (including phenoxy) is 2. The molecule has 2 heterocycles. The van der Waals surface area contributed by atoms with Crippen LogP contribution >= 0.6 is 11.8 Å². The highest BCUT2D eigenvalue weighted by Gasteiger charge is 2.17. The molecule has 0 aliphatic heterocycles. The van der Waals surface area contributed by atoms with Gasteiger partial charge in [0.1, 0.15) is 12.4 Å². The maximum Gasteiger partial charge on any atom is 0.191 e. The Balaban J connectivity index is 1.53. The standard InChI is InChI=1S/C25H26N4O2S/c1-19(20-12-14-26-15-13-20)32-25-28-27-24(29(25)16-17-30-2)18-31-23-11-7-6-10-22(23)21-8-4-3-5-9-21/h3-15,19H,16-18H2,1-2H3. The van der Waals surface area contributed by atoms with Crippen molar-refractivity contribution in [2.24, 2.45) is 0 Å². The fourth-order valence-electron chi connectivity index (χ4n) is 3.37. The van der Waals surface area contributed by atoms with E-state index in [0.717, 1.165) is 27.9 Å². The number of rotatable bonds is 10. The lowest BCUT2D eigenvalue weighted by molar-refractivity contribution is 0.181. The summed E-state index contributed by atoms with van der Waals surface area (Å²) in [4.78, 5) is 4.10. The highest BCUT2D eigenvalue weighted by molar-refractivity contribution is 7.99. The summed E-state index contributed by atoms with van der Waals surface area (Å²) in [5.41, 5.74) is 3.37. The molecule has 32 heavy (non-hydrogen) atoms. The van der Waals surface area contributed by atoms with E-state index in [-0.39, 0.29) is 5.25 Å². The van der Waals surface area contributed by atoms with Gasteiger partial charge in [0.2, 0.25) is 0 Å². The van der Waals surface area contributed by atoms with Crippen LogP contribution in [0.5, 0.6) is 5.75 Å². The molecule has 1 atom stereocenters. The Morgan fingerprint density at radius 3 is 2.47 bits per heavy atom. The number of para-hydroxylation sites is 1. The summed E-state index contributed by atoms with van der Waals surface area (Å²) in [6, 6.07) is 22.3. The summed E-state index contributed by atoms with van der Waals surface area (Å²) >= 11 is 1.67. The number of methoxy groups -OCH3 is 1. The number of benzene rings is 2. The quantitative estimate of drug-likeness (QED) is 0.303. The summed E-state index contributed by atoms with van der Waals surface area (Å²) in [5.74, 6) is 1.59. The van der Waals surface area contributed by atoms with Crippen LogP contribution in [0.2, 0.25) is 0 Å². The van der Waals surface area contributed by atoms with Crippen LogP contribution in [-0.4, -0.2) is 33.5 Å². The maximum atomic E-state index is 6.22. The minimum atomic E-state index is 0.219. The van der Waals surface area contributed by atoms with E-state index in [1.165, 1.54) is 5.56 Å². The predicted octanol–water partition coefficient (Wildman–Crippen LogP) is 5.42. The lowest BCUT2D eigenvalue weighted by Gasteiger charge is -2.15. The van der Waals surface area contributed by atoms with Crippen molar-refractivity contribution < 1.29 is 9.47 Å². The summed E-state index contributed by atoms with van der Waals surface area (Å²) in [6.45, 7) is 3.71. The second kappa shape index (κ2) is 10.9. The van der Waals surface area contributed by atoms with Crippen LogP contribution in [0, 0.1) is 0 Å². The zero-order valence-corrected chi connectivity index (χ0v) is 19.0. The highest BCUT2D eigenvalue weighted by atomic mass is 32.2. The number of nitrogens with zero attached hydrogens (tertiary/aromatic N) is 4. The van der Waals surface area contributed by atoms with E-state index in [1.807, 2.05) is 60.9 Å². The second-order valence-corrected chi connectivity index (χ2v) is 8.54. The molecule has 0 aliphatic carbocycles. The summed E-state index contributed by atoms with van der Waals surface area (Å²) in [7, 11) is 1.70. The first-order chi connectivity index (χ1) is 15.8. The Morgan fingerprint density at radius 1 is 0.938 bits per heavy atom. The number of pyridine rings is 1. The third-order valence-corrected chi connectivity index (χ3v) is 6.24. The van der Waals surface area contributed by atoms with Crippen molar-refractivity contribution in [3.05, 3.63) is 90.5 Å². The molecule has 0 radical (unpaired) electrons. The van der Waals surface area contributed by atoms with Gasteiger partial charge in [0.05, 0.1) is 6.61 Å². The molecule has 0 saturated carbocycles. The molecule has 0 N–H and O–H groups in total. The maximum absolute atomic E-state index is 6.22. The normalized spacial score (nSPS) is 11.9. The molecule has 0 bridgehead atoms. The van der Waals surface area contributed by atoms with Gasteiger partial charge in [-0.3, -0.25) is 4.98 Å². The monoisotopic (exact) mass is 446 g/mol. The Kier molecular flexibility index (Phi) is 7.53. The molecule has 0 amide bonds. The van der Waals surface area contributed by atoms with Gasteiger partial charge in [-0.2, -0.15) is 0 Å². The van der Waals surface area contributed by atoms with Gasteiger partial charge in [-0.15, -0.1) is 10.2 Å². The largest absolute Gasteiger partial charge is 0.485 e. The van der Waals surface area contributed by atoms with Crippen molar-refractivity contribution in [3.8, 4) is 16.9 Å². The van der Waals surface area contributed by atoms with Gasteiger partial charge in [0, 0.05) is 36.9 Å². The van der Waals surface area contributed by atoms with Crippen molar-refractivity contribution in [1.82, 2.24) is 19.7 Å². The highest BCUT2D eigenvalue weighted by Crippen LogP contribution is 2.34. The van der Waals surface area contributed by atoms with E-state index in [9.17, 15) is 0 Å². The van der Waals surface area contributed by atoms with E-state index >= 15 is 0 Å². The molecule has 0 fully saturated rings. The first-order valence-electron chi connectivity index (χ1n) is 10.5. The third kappa shape index (κ3) is 5.36. The molecule has 2 aromatic carbocycles. The summed E-state index contributed by atoms with van der Waals surface area (Å²) in [5, 5.41) is 9.95. The SMILES string of the molecule is COCCn1c(COc2ccccc2-c2ccccc2)nnc1SC(C)c1ccncc1. The van der Waals surface area contributed by atoms with Crippen LogP contribution in [0.1, 0.15) is 23.6 Å². The molecule has 0 aliphatic rings. The van der Waals surface area contributed by atoms with Gasteiger partial charge >= 0.3 is 0 Å². The van der Waals surface area contributed by atoms with Gasteiger partial charge in [0.25, 0.3) is 0 Å². The topological polar surface area (TPSA) is 62.1 Å². The molecular weight excluding hydrogens is 420 g/mol. The zero-order chi connectivity index (χ0) is 22.2. The van der Waals surface area contributed by atoms with E-state index in [0.29, 0.717) is 19.8 Å². The van der Waals surface area contributed by atoms with Crippen molar-refractivity contribution in [1.29, 1.82) is 0 Å². The van der Waals surface area contributed by atoms with Crippen LogP contribution in [0.15, 0.2) is 84.3 Å². The number of hydrogen-bond acceptors (Lipinski definition) is 6. The molecule has 2 aromatic heterocycles. The van der Waals surface area contributed by atoms with Crippen LogP contribution in [0.3, 0.4) is 0 Å². The Labute approximate surface area is 192 Å². The Hall–Kier alpha value is -3.16. The van der Waals surface area contributed by atoms with E-state index in [1.54, 1.807) is 18.9 Å². The molecule has 6 nitrogen and oxygen atoms in total. The fraction of sp³-hybridized carbons (Fsp3) is 0.240. The summed E-state index contributed by atoms with van der Waals surface area (Å²) in [6.07, 6.45) is 3.62. The van der Waals surface area contributed by atoms with Crippen LogP contribution in [0.25, 0.3) is 11.1 Å². The smallest absolute Gasteiger partial charge is 0.191 e. The lowest BCUT2D eigenvalue weighted by atomic mass is 10.1. The predicted molar refractivity (Wildman–Crippen MR) is 127 cm³/mol. The van der Waals surface area contributed by atoms with Gasteiger partial charge in [-0.25, -0.2) is 0 Å². The van der Waals surface area contributed by atoms with Gasteiger partial charge in [-0.1, -0.05) is 60.3 Å². The average Bonchev–Trinajstić information content (AvgIpc) is 3.23. The molecule has 0 saturated heterocycles. The number of thioether (sulfide) groups is 1. The molecular formula is C25H26N4O2S. The van der Waals surface area contributed by atoms with Crippen LogP contribution in [-0.2, 0) is 17.9 Å². The van der Waals surface area contributed by atoms with Gasteiger partial charge in [-0.05, 0) is 36.2 Å². The van der Waals surface area contributed by atoms with Crippen molar-refractivity contribution in [2.75, 3.05) is 13.7 Å². The zero-order valence-electron chi connectivity index (χ0n) is 18.2. The molecule has 4 rings (SSSR count). The number of hydrogen-bond donors (Lipinski definition) is 0. The van der Waals surface area contributed by atoms with Crippen molar-refractivity contribution >= 4 is 11.8 Å². The molecule has 164 valence electrons. The van der Waals surface area contributed by atoms with E-state index in [2.05, 4.69) is 44.9 Å². The molecule has 7 heteroatoms. The van der Waals surface area contributed by atoms with Crippen LogP contribution < -0.4 is 4.74 Å².